The van der Waals surface area contributed by atoms with Gasteiger partial charge in [0.25, 0.3) is 0 Å². The van der Waals surface area contributed by atoms with Gasteiger partial charge in [0.05, 0.1) is 8.07 Å². The minimum Gasteiger partial charge on any atom is -0.300 e. The number of carbonyl (C=O) groups is 1. The highest BCUT2D eigenvalue weighted by molar-refractivity contribution is 6.95. The summed E-state index contributed by atoms with van der Waals surface area (Å²) in [6, 6.07) is 11.2. The Kier molecular flexibility index (Phi) is 5.08. The van der Waals surface area contributed by atoms with Crippen LogP contribution in [0.3, 0.4) is 0 Å². The summed E-state index contributed by atoms with van der Waals surface area (Å²) < 4.78 is 0. The van der Waals surface area contributed by atoms with Crippen LogP contribution in [0, 0.1) is 5.92 Å². The molecule has 1 aliphatic carbocycles. The van der Waals surface area contributed by atoms with Gasteiger partial charge in [-0.1, -0.05) is 69.6 Å². The first-order valence-electron chi connectivity index (χ1n) is 8.46. The van der Waals surface area contributed by atoms with Crippen molar-refractivity contribution in [2.24, 2.45) is 5.92 Å². The van der Waals surface area contributed by atoms with Gasteiger partial charge in [-0.25, -0.2) is 0 Å². The molecule has 0 aromatic heterocycles. The Morgan fingerprint density at radius 1 is 1.05 bits per heavy atom. The van der Waals surface area contributed by atoms with E-state index in [9.17, 15) is 4.79 Å². The maximum Gasteiger partial charge on any atom is 0.132 e. The third-order valence-corrected chi connectivity index (χ3v) is 12.9. The van der Waals surface area contributed by atoms with E-state index in [1.165, 1.54) is 6.42 Å². The number of carbonyl (C=O) groups excluding carboxylic acids is 1. The number of hydrogen-bond acceptors (Lipinski definition) is 1. The van der Waals surface area contributed by atoms with Crippen molar-refractivity contribution in [3.63, 3.8) is 0 Å². The predicted molar refractivity (Wildman–Crippen MR) is 93.8 cm³/mol. The molecule has 1 aromatic carbocycles. The van der Waals surface area contributed by atoms with Gasteiger partial charge in [-0.2, -0.15) is 0 Å². The molecule has 0 unspecified atom stereocenters. The molecule has 0 N–H and O–H groups in total. The van der Waals surface area contributed by atoms with E-state index in [1.807, 2.05) is 0 Å². The average Bonchev–Trinajstić information content (AvgIpc) is 2.90. The van der Waals surface area contributed by atoms with Gasteiger partial charge in [-0.05, 0) is 36.4 Å². The molecule has 2 heteroatoms. The van der Waals surface area contributed by atoms with Crippen molar-refractivity contribution in [1.82, 2.24) is 0 Å². The second-order valence-corrected chi connectivity index (χ2v) is 13.0. The fraction of sp³-hybridized carbons (Fsp3) is 0.632. The van der Waals surface area contributed by atoms with E-state index in [1.54, 1.807) is 12.1 Å². The Morgan fingerprint density at radius 2 is 1.62 bits per heavy atom. The van der Waals surface area contributed by atoms with Gasteiger partial charge in [0.1, 0.15) is 5.78 Å². The predicted octanol–water partition coefficient (Wildman–Crippen LogP) is 4.92. The first kappa shape index (κ1) is 16.5. The van der Waals surface area contributed by atoms with Crippen molar-refractivity contribution in [1.29, 1.82) is 0 Å². The van der Waals surface area contributed by atoms with Crippen LogP contribution >= 0.6 is 0 Å². The SMILES string of the molecule is CC(=O)[C@@H]1CC[C@@H]([Si](c2ccccc2)(C(C)C)C(C)C)C1. The fourth-order valence-corrected chi connectivity index (χ4v) is 12.1. The smallest absolute Gasteiger partial charge is 0.132 e. The van der Waals surface area contributed by atoms with E-state index in [0.29, 0.717) is 11.7 Å². The summed E-state index contributed by atoms with van der Waals surface area (Å²) in [6.07, 6.45) is 3.50. The van der Waals surface area contributed by atoms with Crippen molar-refractivity contribution in [3.8, 4) is 0 Å². The van der Waals surface area contributed by atoms with Gasteiger partial charge in [-0.15, -0.1) is 0 Å². The highest BCUT2D eigenvalue weighted by atomic mass is 28.3. The van der Waals surface area contributed by atoms with Crippen LogP contribution < -0.4 is 5.19 Å². The second-order valence-electron chi connectivity index (χ2n) is 7.43. The van der Waals surface area contributed by atoms with Crippen LogP contribution in [0.15, 0.2) is 30.3 Å². The van der Waals surface area contributed by atoms with E-state index >= 15 is 0 Å². The zero-order chi connectivity index (χ0) is 15.6. The lowest BCUT2D eigenvalue weighted by Gasteiger charge is -2.45. The molecule has 116 valence electrons. The molecule has 0 spiro atoms. The lowest BCUT2D eigenvalue weighted by Crippen LogP contribution is -2.56. The van der Waals surface area contributed by atoms with Crippen molar-refractivity contribution < 1.29 is 4.79 Å². The Balaban J connectivity index is 2.44. The molecule has 2 atom stereocenters. The molecule has 0 bridgehead atoms. The van der Waals surface area contributed by atoms with Crippen LogP contribution in [0.5, 0.6) is 0 Å². The lowest BCUT2D eigenvalue weighted by atomic mass is 10.0. The number of rotatable bonds is 5. The molecular weight excluding hydrogens is 272 g/mol. The Labute approximate surface area is 131 Å². The fourth-order valence-electron chi connectivity index (χ4n) is 5.02. The van der Waals surface area contributed by atoms with Crippen molar-refractivity contribution in [3.05, 3.63) is 30.3 Å². The first-order valence-corrected chi connectivity index (χ1v) is 10.7. The molecule has 2 rings (SSSR count). The second kappa shape index (κ2) is 6.47. The molecule has 1 fully saturated rings. The quantitative estimate of drug-likeness (QED) is 0.705. The van der Waals surface area contributed by atoms with Gasteiger partial charge >= 0.3 is 0 Å². The summed E-state index contributed by atoms with van der Waals surface area (Å²) >= 11 is 0. The zero-order valence-electron chi connectivity index (χ0n) is 14.2. The number of hydrogen-bond donors (Lipinski definition) is 0. The maximum atomic E-state index is 11.8. The van der Waals surface area contributed by atoms with Crippen LogP contribution in [0.2, 0.25) is 16.6 Å². The van der Waals surface area contributed by atoms with Crippen molar-refractivity contribution >= 4 is 19.0 Å². The average molecular weight is 303 g/mol. The molecule has 0 amide bonds. The maximum absolute atomic E-state index is 11.8. The summed E-state index contributed by atoms with van der Waals surface area (Å²) in [5.41, 5.74) is 2.19. The summed E-state index contributed by atoms with van der Waals surface area (Å²) in [6.45, 7) is 11.4. The molecule has 0 saturated heterocycles. The summed E-state index contributed by atoms with van der Waals surface area (Å²) in [5.74, 6) is 0.726. The normalized spacial score (nSPS) is 23.0. The van der Waals surface area contributed by atoms with Gasteiger partial charge < -0.3 is 0 Å². The largest absolute Gasteiger partial charge is 0.300 e. The number of benzene rings is 1. The minimum absolute atomic E-state index is 0.322. The van der Waals surface area contributed by atoms with Crippen LogP contribution in [0.4, 0.5) is 0 Å². The van der Waals surface area contributed by atoms with Crippen LogP contribution in [-0.4, -0.2) is 13.9 Å². The molecule has 1 aromatic rings. The molecule has 0 radical (unpaired) electrons. The van der Waals surface area contributed by atoms with Gasteiger partial charge in [0, 0.05) is 5.92 Å². The monoisotopic (exact) mass is 302 g/mol. The van der Waals surface area contributed by atoms with E-state index in [2.05, 4.69) is 58.0 Å². The summed E-state index contributed by atoms with van der Waals surface area (Å²) in [7, 11) is -1.63. The van der Waals surface area contributed by atoms with E-state index in [4.69, 9.17) is 0 Å². The molecule has 1 saturated carbocycles. The van der Waals surface area contributed by atoms with Gasteiger partial charge in [-0.3, -0.25) is 4.79 Å². The third-order valence-electron chi connectivity index (χ3n) is 5.87. The summed E-state index contributed by atoms with van der Waals surface area (Å²) in [5, 5.41) is 1.60. The van der Waals surface area contributed by atoms with E-state index in [-0.39, 0.29) is 0 Å². The van der Waals surface area contributed by atoms with Crippen molar-refractivity contribution in [2.45, 2.75) is 70.5 Å². The zero-order valence-corrected chi connectivity index (χ0v) is 15.2. The minimum atomic E-state index is -1.63. The molecule has 0 aliphatic heterocycles. The summed E-state index contributed by atoms with van der Waals surface area (Å²) in [4.78, 5) is 11.8. The van der Waals surface area contributed by atoms with Crippen LogP contribution in [0.1, 0.15) is 53.9 Å². The third kappa shape index (κ3) is 2.87. The first-order chi connectivity index (χ1) is 9.90. The molecule has 1 aliphatic rings. The molecule has 1 nitrogen and oxygen atoms in total. The van der Waals surface area contributed by atoms with Crippen LogP contribution in [-0.2, 0) is 4.79 Å². The standard InChI is InChI=1S/C19H30OSi/c1-14(2)21(15(3)4,18-9-7-6-8-10-18)19-12-11-17(13-19)16(5)20/h6-10,14-15,17,19H,11-13H2,1-5H3/t17-,19-/m1/s1. The molecular formula is C19H30OSi. The van der Waals surface area contributed by atoms with E-state index < -0.39 is 8.07 Å². The Hall–Kier alpha value is -0.893. The number of ketones is 1. The highest BCUT2D eigenvalue weighted by Crippen LogP contribution is 2.51. The van der Waals surface area contributed by atoms with Crippen LogP contribution in [0.25, 0.3) is 0 Å². The van der Waals surface area contributed by atoms with Gasteiger partial charge in [0.15, 0.2) is 0 Å². The Bertz CT molecular complexity index is 470. The lowest BCUT2D eigenvalue weighted by molar-refractivity contribution is -0.120. The topological polar surface area (TPSA) is 17.1 Å². The van der Waals surface area contributed by atoms with Gasteiger partial charge in [0.2, 0.25) is 0 Å². The molecule has 21 heavy (non-hydrogen) atoms. The van der Waals surface area contributed by atoms with Crippen molar-refractivity contribution in [2.75, 3.05) is 0 Å². The molecule has 0 heterocycles. The Morgan fingerprint density at radius 3 is 2.05 bits per heavy atom. The van der Waals surface area contributed by atoms with E-state index in [0.717, 1.165) is 29.5 Å². The number of Topliss-reactive ketones (excluding diaryl/α,β-unsaturated/α-hetero) is 1. The highest BCUT2D eigenvalue weighted by Gasteiger charge is 2.50.